The molecule has 0 aromatic rings. The number of cyclic esters (lactones) is 1. The maximum Gasteiger partial charge on any atom is 0.306 e. The summed E-state index contributed by atoms with van der Waals surface area (Å²) in [6, 6.07) is 0. The fraction of sp³-hybridized carbons (Fsp3) is 0.792. The molecule has 0 aromatic carbocycles. The molecule has 1 aliphatic heterocycles. The number of allylic oxidation sites excluding steroid dienone is 2. The van der Waals surface area contributed by atoms with Crippen LogP contribution in [0.4, 0.5) is 0 Å². The minimum Gasteiger partial charge on any atom is -0.462 e. The van der Waals surface area contributed by atoms with Crippen LogP contribution in [-0.4, -0.2) is 45.7 Å². The lowest BCUT2D eigenvalue weighted by molar-refractivity contribution is -0.151. The summed E-state index contributed by atoms with van der Waals surface area (Å²) in [6.45, 7) is 9.68. The van der Waals surface area contributed by atoms with Gasteiger partial charge in [-0.25, -0.2) is 0 Å². The van der Waals surface area contributed by atoms with Crippen LogP contribution in [0.25, 0.3) is 0 Å². The van der Waals surface area contributed by atoms with E-state index in [0.29, 0.717) is 38.5 Å². The number of carbonyl (C=O) groups excluding carboxylic acids is 1. The second-order valence-electron chi connectivity index (χ2n) is 9.39. The van der Waals surface area contributed by atoms with Gasteiger partial charge in [-0.15, -0.1) is 0 Å². The Balaban J connectivity index is 2.82. The van der Waals surface area contributed by atoms with E-state index < -0.39 is 18.3 Å². The molecule has 6 heteroatoms. The van der Waals surface area contributed by atoms with Crippen molar-refractivity contribution in [2.45, 2.75) is 104 Å². The van der Waals surface area contributed by atoms with Crippen molar-refractivity contribution in [1.82, 2.24) is 0 Å². The van der Waals surface area contributed by atoms with Crippen molar-refractivity contribution in [1.29, 1.82) is 0 Å². The summed E-state index contributed by atoms with van der Waals surface area (Å²) in [7, 11) is 0. The zero-order valence-corrected chi connectivity index (χ0v) is 19.4. The van der Waals surface area contributed by atoms with Crippen LogP contribution in [0.3, 0.4) is 0 Å². The minimum absolute atomic E-state index is 0.0610. The smallest absolute Gasteiger partial charge is 0.306 e. The minimum atomic E-state index is -0.588. The summed E-state index contributed by atoms with van der Waals surface area (Å²) in [5.41, 5.74) is 8.00. The van der Waals surface area contributed by atoms with E-state index in [4.69, 9.17) is 10.5 Å². The summed E-state index contributed by atoms with van der Waals surface area (Å²) >= 11 is 0. The molecule has 1 unspecified atom stereocenters. The summed E-state index contributed by atoms with van der Waals surface area (Å²) < 4.78 is 5.77. The Labute approximate surface area is 182 Å². The average molecular weight is 426 g/mol. The van der Waals surface area contributed by atoms with Gasteiger partial charge in [0.05, 0.1) is 18.3 Å². The molecule has 6 nitrogen and oxygen atoms in total. The molecule has 0 amide bonds. The second-order valence-corrected chi connectivity index (χ2v) is 9.39. The van der Waals surface area contributed by atoms with Gasteiger partial charge in [-0.3, -0.25) is 4.79 Å². The molecule has 30 heavy (non-hydrogen) atoms. The van der Waals surface area contributed by atoms with Crippen LogP contribution in [0.2, 0.25) is 0 Å². The quantitative estimate of drug-likeness (QED) is 0.367. The number of aliphatic hydroxyl groups is 3. The number of carbonyl (C=O) groups is 1. The predicted molar refractivity (Wildman–Crippen MR) is 119 cm³/mol. The third kappa shape index (κ3) is 10.1. The number of rotatable bonds is 7. The summed E-state index contributed by atoms with van der Waals surface area (Å²) in [6.07, 6.45) is 5.86. The average Bonchev–Trinajstić information content (AvgIpc) is 2.63. The molecule has 1 heterocycles. The van der Waals surface area contributed by atoms with Crippen LogP contribution >= 0.6 is 0 Å². The molecule has 0 aromatic heterocycles. The van der Waals surface area contributed by atoms with Crippen LogP contribution in [0, 0.1) is 17.8 Å². The van der Waals surface area contributed by atoms with Crippen molar-refractivity contribution in [2.24, 2.45) is 23.5 Å². The van der Waals surface area contributed by atoms with Crippen molar-refractivity contribution in [3.8, 4) is 0 Å². The van der Waals surface area contributed by atoms with E-state index in [1.54, 1.807) is 6.92 Å². The van der Waals surface area contributed by atoms with E-state index in [2.05, 4.69) is 6.92 Å². The normalized spacial score (nSPS) is 30.7. The van der Waals surface area contributed by atoms with Crippen molar-refractivity contribution < 1.29 is 24.9 Å². The largest absolute Gasteiger partial charge is 0.462 e. The van der Waals surface area contributed by atoms with Crippen molar-refractivity contribution >= 4 is 5.97 Å². The van der Waals surface area contributed by atoms with Crippen LogP contribution in [0.5, 0.6) is 0 Å². The van der Waals surface area contributed by atoms with Crippen LogP contribution < -0.4 is 5.73 Å². The number of aliphatic hydroxyl groups excluding tert-OH is 3. The number of hydrogen-bond acceptors (Lipinski definition) is 6. The fourth-order valence-electron chi connectivity index (χ4n) is 4.05. The molecule has 0 saturated heterocycles. The number of esters is 1. The van der Waals surface area contributed by atoms with Gasteiger partial charge in [0.15, 0.2) is 0 Å². The second kappa shape index (κ2) is 13.1. The standard InChI is InChI=1S/C24H43NO5/c1-15(11-16(2)22(28)14-19(5)26)12-18(4)23-10-9-20(25)13-17(3)21(27)7-6-8-24(29)30-23/h9,11,16-19,21-23,26-28H,6-8,10,12-14,25H2,1-5H3/b15-11+,20-9-/t16?,17-,18-,19+,21-,22+,23+/m0/s1. The van der Waals surface area contributed by atoms with Crippen LogP contribution in [0.1, 0.15) is 79.6 Å². The highest BCUT2D eigenvalue weighted by Gasteiger charge is 2.24. The van der Waals surface area contributed by atoms with E-state index in [1.165, 1.54) is 0 Å². The van der Waals surface area contributed by atoms with Crippen molar-refractivity contribution in [2.75, 3.05) is 0 Å². The van der Waals surface area contributed by atoms with Gasteiger partial charge in [0, 0.05) is 24.5 Å². The molecule has 0 radical (unpaired) electrons. The molecule has 0 spiro atoms. The SMILES string of the molecule is C/C(=C\C(C)[C@H](O)C[C@@H](C)O)C[C@H](C)[C@H]1C/C=C(\N)C[C@H](C)[C@@H](O)CCCC(=O)O1. The van der Waals surface area contributed by atoms with Gasteiger partial charge in [-0.2, -0.15) is 0 Å². The van der Waals surface area contributed by atoms with Crippen molar-refractivity contribution in [3.63, 3.8) is 0 Å². The topological polar surface area (TPSA) is 113 Å². The predicted octanol–water partition coefficient (Wildman–Crippen LogP) is 3.44. The van der Waals surface area contributed by atoms with E-state index in [-0.39, 0.29) is 29.8 Å². The Hall–Kier alpha value is -1.37. The van der Waals surface area contributed by atoms with Gasteiger partial charge < -0.3 is 25.8 Å². The Kier molecular flexibility index (Phi) is 11.7. The van der Waals surface area contributed by atoms with E-state index in [0.717, 1.165) is 17.7 Å². The Bertz CT molecular complexity index is 586. The number of nitrogens with two attached hydrogens (primary N) is 1. The first-order valence-electron chi connectivity index (χ1n) is 11.3. The molecule has 5 N–H and O–H groups in total. The first-order chi connectivity index (χ1) is 14.0. The zero-order chi connectivity index (χ0) is 22.8. The third-order valence-electron chi connectivity index (χ3n) is 6.01. The lowest BCUT2D eigenvalue weighted by Crippen LogP contribution is -2.27. The maximum absolute atomic E-state index is 12.3. The molecule has 1 rings (SSSR count). The van der Waals surface area contributed by atoms with Gasteiger partial charge in [0.2, 0.25) is 0 Å². The molecule has 174 valence electrons. The summed E-state index contributed by atoms with van der Waals surface area (Å²) in [5.74, 6) is -0.135. The van der Waals surface area contributed by atoms with Crippen molar-refractivity contribution in [3.05, 3.63) is 23.4 Å². The number of ether oxygens (including phenoxy) is 1. The van der Waals surface area contributed by atoms with Crippen LogP contribution in [0.15, 0.2) is 23.4 Å². The Morgan fingerprint density at radius 3 is 2.63 bits per heavy atom. The lowest BCUT2D eigenvalue weighted by atomic mass is 9.90. The van der Waals surface area contributed by atoms with Gasteiger partial charge in [0.1, 0.15) is 6.10 Å². The molecule has 0 fully saturated rings. The van der Waals surface area contributed by atoms with Gasteiger partial charge in [-0.1, -0.05) is 38.5 Å². The third-order valence-corrected chi connectivity index (χ3v) is 6.01. The van der Waals surface area contributed by atoms with E-state index >= 15 is 0 Å². The van der Waals surface area contributed by atoms with E-state index in [9.17, 15) is 20.1 Å². The molecular formula is C24H43NO5. The van der Waals surface area contributed by atoms with Gasteiger partial charge in [0.25, 0.3) is 0 Å². The number of hydrogen-bond donors (Lipinski definition) is 4. The lowest BCUT2D eigenvalue weighted by Gasteiger charge is -2.26. The molecule has 1 aliphatic rings. The first-order valence-corrected chi connectivity index (χ1v) is 11.3. The fourth-order valence-corrected chi connectivity index (χ4v) is 4.05. The summed E-state index contributed by atoms with van der Waals surface area (Å²) in [4.78, 5) is 12.3. The van der Waals surface area contributed by atoms with Gasteiger partial charge >= 0.3 is 5.97 Å². The van der Waals surface area contributed by atoms with Crippen LogP contribution in [-0.2, 0) is 9.53 Å². The molecule has 0 bridgehead atoms. The summed E-state index contributed by atoms with van der Waals surface area (Å²) in [5, 5.41) is 29.8. The highest BCUT2D eigenvalue weighted by atomic mass is 16.5. The zero-order valence-electron chi connectivity index (χ0n) is 19.4. The highest BCUT2D eigenvalue weighted by Crippen LogP contribution is 2.25. The maximum atomic E-state index is 12.3. The molecule has 7 atom stereocenters. The first kappa shape index (κ1) is 26.7. The van der Waals surface area contributed by atoms with Gasteiger partial charge in [-0.05, 0) is 57.8 Å². The monoisotopic (exact) mass is 425 g/mol. The van der Waals surface area contributed by atoms with E-state index in [1.807, 2.05) is 32.9 Å². The Morgan fingerprint density at radius 1 is 1.33 bits per heavy atom. The molecule has 0 aliphatic carbocycles. The molecular weight excluding hydrogens is 382 g/mol. The Morgan fingerprint density at radius 2 is 2.00 bits per heavy atom. The molecule has 0 saturated carbocycles. The highest BCUT2D eigenvalue weighted by molar-refractivity contribution is 5.69.